The number of carbonyl (C=O) groups excluding carboxylic acids is 1. The van der Waals surface area contributed by atoms with Crippen LogP contribution >= 0.6 is 0 Å². The summed E-state index contributed by atoms with van der Waals surface area (Å²) in [7, 11) is 0. The molecule has 0 aromatic heterocycles. The van der Waals surface area contributed by atoms with Gasteiger partial charge in [-0.15, -0.1) is 0 Å². The van der Waals surface area contributed by atoms with Gasteiger partial charge in [-0.1, -0.05) is 0 Å². The van der Waals surface area contributed by atoms with Crippen molar-refractivity contribution in [1.82, 2.24) is 5.32 Å². The zero-order chi connectivity index (χ0) is 15.4. The highest BCUT2D eigenvalue weighted by molar-refractivity contribution is 5.94. The number of non-ortho nitro benzene ring substituents is 1. The molecule has 112 valence electrons. The maximum Gasteiger partial charge on any atom is 0.337 e. The van der Waals surface area contributed by atoms with Crippen molar-refractivity contribution in [2.45, 2.75) is 25.3 Å². The molecule has 0 atom stereocenters. The number of benzene rings is 1. The second kappa shape index (κ2) is 6.21. The number of rotatable bonds is 7. The zero-order valence-corrected chi connectivity index (χ0v) is 11.2. The van der Waals surface area contributed by atoms with E-state index < -0.39 is 10.9 Å². The van der Waals surface area contributed by atoms with Crippen molar-refractivity contribution in [3.63, 3.8) is 0 Å². The highest BCUT2D eigenvalue weighted by Gasteiger charge is 2.23. The fourth-order valence-corrected chi connectivity index (χ4v) is 1.82. The third-order valence-electron chi connectivity index (χ3n) is 3.05. The third kappa shape index (κ3) is 4.16. The van der Waals surface area contributed by atoms with Crippen LogP contribution < -0.4 is 10.6 Å². The van der Waals surface area contributed by atoms with Gasteiger partial charge in [0.2, 0.25) is 5.91 Å². The number of carbonyl (C=O) groups is 2. The van der Waals surface area contributed by atoms with E-state index in [4.69, 9.17) is 5.11 Å². The van der Waals surface area contributed by atoms with Crippen LogP contribution in [0.5, 0.6) is 0 Å². The van der Waals surface area contributed by atoms with Crippen molar-refractivity contribution in [2.24, 2.45) is 0 Å². The molecule has 1 saturated carbocycles. The average molecular weight is 293 g/mol. The van der Waals surface area contributed by atoms with Gasteiger partial charge in [-0.05, 0) is 18.9 Å². The van der Waals surface area contributed by atoms with Gasteiger partial charge in [0.05, 0.1) is 16.2 Å². The third-order valence-corrected chi connectivity index (χ3v) is 3.05. The molecule has 21 heavy (non-hydrogen) atoms. The number of carboxylic acid groups (broad SMARTS) is 1. The second-order valence-corrected chi connectivity index (χ2v) is 4.81. The second-order valence-electron chi connectivity index (χ2n) is 4.81. The van der Waals surface area contributed by atoms with Crippen molar-refractivity contribution in [3.05, 3.63) is 33.9 Å². The van der Waals surface area contributed by atoms with E-state index >= 15 is 0 Å². The maximum absolute atomic E-state index is 11.5. The number of nitrogens with zero attached hydrogens (tertiary/aromatic N) is 1. The van der Waals surface area contributed by atoms with Gasteiger partial charge < -0.3 is 15.7 Å². The molecule has 8 heteroatoms. The SMILES string of the molecule is O=C(CCNc1cc([N+](=O)[O-])ccc1C(=O)O)NC1CC1. The van der Waals surface area contributed by atoms with E-state index in [0.29, 0.717) is 0 Å². The van der Waals surface area contributed by atoms with Crippen LogP contribution in [-0.2, 0) is 4.79 Å². The first-order valence-corrected chi connectivity index (χ1v) is 6.52. The normalized spacial score (nSPS) is 13.5. The molecule has 1 amide bonds. The van der Waals surface area contributed by atoms with Gasteiger partial charge in [0.1, 0.15) is 0 Å². The first kappa shape index (κ1) is 14.8. The molecule has 0 aliphatic heterocycles. The van der Waals surface area contributed by atoms with Crippen LogP contribution in [-0.4, -0.2) is 34.5 Å². The van der Waals surface area contributed by atoms with E-state index in [-0.39, 0.29) is 41.9 Å². The predicted molar refractivity (Wildman–Crippen MR) is 74.3 cm³/mol. The number of nitro benzene ring substituents is 1. The van der Waals surface area contributed by atoms with E-state index in [9.17, 15) is 19.7 Å². The van der Waals surface area contributed by atoms with E-state index in [0.717, 1.165) is 25.0 Å². The Labute approximate surface area is 120 Å². The molecule has 3 N–H and O–H groups in total. The molecule has 1 aliphatic carbocycles. The maximum atomic E-state index is 11.5. The standard InChI is InChI=1S/C13H15N3O5/c17-12(15-8-1-2-8)5-6-14-11-7-9(16(20)21)3-4-10(11)13(18)19/h3-4,7-8,14H,1-2,5-6H2,(H,15,17)(H,18,19). The Morgan fingerprint density at radius 2 is 2.10 bits per heavy atom. The molecule has 0 heterocycles. The van der Waals surface area contributed by atoms with Crippen LogP contribution in [0.4, 0.5) is 11.4 Å². The minimum absolute atomic E-state index is 0.0665. The molecule has 1 aromatic rings. The summed E-state index contributed by atoms with van der Waals surface area (Å²) in [5.41, 5.74) is -0.135. The highest BCUT2D eigenvalue weighted by Crippen LogP contribution is 2.23. The van der Waals surface area contributed by atoms with E-state index in [1.165, 1.54) is 6.07 Å². The molecule has 0 bridgehead atoms. The number of carboxylic acids is 1. The van der Waals surface area contributed by atoms with Crippen molar-refractivity contribution in [2.75, 3.05) is 11.9 Å². The molecule has 0 saturated heterocycles. The summed E-state index contributed by atoms with van der Waals surface area (Å²) in [6.45, 7) is 0.208. The molecular weight excluding hydrogens is 278 g/mol. The fourth-order valence-electron chi connectivity index (χ4n) is 1.82. The zero-order valence-electron chi connectivity index (χ0n) is 11.2. The Balaban J connectivity index is 1.98. The Kier molecular flexibility index (Phi) is 4.36. The minimum atomic E-state index is -1.19. The van der Waals surface area contributed by atoms with Crippen LogP contribution in [0, 0.1) is 10.1 Å². The Morgan fingerprint density at radius 1 is 1.38 bits per heavy atom. The predicted octanol–water partition coefficient (Wildman–Crippen LogP) is 1.37. The Bertz CT molecular complexity index is 583. The molecule has 1 aliphatic rings. The molecule has 8 nitrogen and oxygen atoms in total. The summed E-state index contributed by atoms with van der Waals surface area (Å²) in [4.78, 5) is 32.7. The lowest BCUT2D eigenvalue weighted by atomic mass is 10.1. The number of amides is 1. The van der Waals surface area contributed by atoms with E-state index in [1.807, 2.05) is 0 Å². The van der Waals surface area contributed by atoms with Gasteiger partial charge in [0.15, 0.2) is 0 Å². The number of hydrogen-bond donors (Lipinski definition) is 3. The molecular formula is C13H15N3O5. The molecule has 2 rings (SSSR count). The van der Waals surface area contributed by atoms with Gasteiger partial charge in [-0.2, -0.15) is 0 Å². The number of anilines is 1. The van der Waals surface area contributed by atoms with Gasteiger partial charge in [-0.3, -0.25) is 14.9 Å². The van der Waals surface area contributed by atoms with Crippen LogP contribution in [0.2, 0.25) is 0 Å². The lowest BCUT2D eigenvalue weighted by Gasteiger charge is -2.09. The Hall–Kier alpha value is -2.64. The van der Waals surface area contributed by atoms with Gasteiger partial charge in [-0.25, -0.2) is 4.79 Å². The first-order chi connectivity index (χ1) is 9.97. The van der Waals surface area contributed by atoms with Gasteiger partial charge in [0, 0.05) is 31.1 Å². The van der Waals surface area contributed by atoms with Crippen LogP contribution in [0.1, 0.15) is 29.6 Å². The largest absolute Gasteiger partial charge is 0.478 e. The van der Waals surface area contributed by atoms with Gasteiger partial charge in [0.25, 0.3) is 5.69 Å². The topological polar surface area (TPSA) is 122 Å². The molecule has 1 fully saturated rings. The van der Waals surface area contributed by atoms with Crippen molar-refractivity contribution >= 4 is 23.3 Å². The fraction of sp³-hybridized carbons (Fsp3) is 0.385. The summed E-state index contributed by atoms with van der Waals surface area (Å²) in [6.07, 6.45) is 2.17. The molecule has 0 unspecified atom stereocenters. The van der Waals surface area contributed by atoms with Crippen LogP contribution in [0.15, 0.2) is 18.2 Å². The number of hydrogen-bond acceptors (Lipinski definition) is 5. The van der Waals surface area contributed by atoms with E-state index in [1.54, 1.807) is 0 Å². The monoisotopic (exact) mass is 293 g/mol. The summed E-state index contributed by atoms with van der Waals surface area (Å²) in [5.74, 6) is -1.30. The van der Waals surface area contributed by atoms with Gasteiger partial charge >= 0.3 is 5.97 Å². The summed E-state index contributed by atoms with van der Waals surface area (Å²) in [6, 6.07) is 3.73. The quantitative estimate of drug-likeness (QED) is 0.515. The first-order valence-electron chi connectivity index (χ1n) is 6.52. The van der Waals surface area contributed by atoms with Crippen molar-refractivity contribution in [1.29, 1.82) is 0 Å². The number of aromatic carboxylic acids is 1. The molecule has 0 spiro atoms. The summed E-state index contributed by atoms with van der Waals surface area (Å²) < 4.78 is 0. The highest BCUT2D eigenvalue weighted by atomic mass is 16.6. The Morgan fingerprint density at radius 3 is 2.67 bits per heavy atom. The lowest BCUT2D eigenvalue weighted by Crippen LogP contribution is -2.27. The summed E-state index contributed by atoms with van der Waals surface area (Å²) in [5, 5.41) is 25.3. The van der Waals surface area contributed by atoms with Crippen LogP contribution in [0.25, 0.3) is 0 Å². The minimum Gasteiger partial charge on any atom is -0.478 e. The van der Waals surface area contributed by atoms with Crippen molar-refractivity contribution in [3.8, 4) is 0 Å². The smallest absolute Gasteiger partial charge is 0.337 e. The van der Waals surface area contributed by atoms with E-state index in [2.05, 4.69) is 10.6 Å². The van der Waals surface area contributed by atoms with Crippen molar-refractivity contribution < 1.29 is 19.6 Å². The molecule has 0 radical (unpaired) electrons. The number of nitro groups is 1. The number of nitrogens with one attached hydrogen (secondary N) is 2. The lowest BCUT2D eigenvalue weighted by molar-refractivity contribution is -0.384. The molecule has 1 aromatic carbocycles. The van der Waals surface area contributed by atoms with Crippen LogP contribution in [0.3, 0.4) is 0 Å². The summed E-state index contributed by atoms with van der Waals surface area (Å²) >= 11 is 0. The average Bonchev–Trinajstić information content (AvgIpc) is 3.22.